The zero-order chi connectivity index (χ0) is 21.5. The van der Waals surface area contributed by atoms with Gasteiger partial charge in [-0.15, -0.1) is 0 Å². The van der Waals surface area contributed by atoms with E-state index in [0.717, 1.165) is 37.1 Å². The second kappa shape index (κ2) is 8.14. The van der Waals surface area contributed by atoms with Crippen LogP contribution in [0.5, 0.6) is 0 Å². The number of hydrogen-bond acceptors (Lipinski definition) is 3. The lowest BCUT2D eigenvalue weighted by Crippen LogP contribution is -2.51. The highest BCUT2D eigenvalue weighted by atomic mass is 16.6. The Balaban J connectivity index is 1.58. The lowest BCUT2D eigenvalue weighted by Gasteiger charge is -2.48. The van der Waals surface area contributed by atoms with Gasteiger partial charge in [0.2, 0.25) is 5.91 Å². The summed E-state index contributed by atoms with van der Waals surface area (Å²) >= 11 is 0. The van der Waals surface area contributed by atoms with Gasteiger partial charge in [0, 0.05) is 23.2 Å². The lowest BCUT2D eigenvalue weighted by molar-refractivity contribution is -0.144. The van der Waals surface area contributed by atoms with Crippen molar-refractivity contribution in [3.05, 3.63) is 60.7 Å². The fourth-order valence-electron chi connectivity index (χ4n) is 6.56. The molecular weight excluding hydrogens is 386 g/mol. The van der Waals surface area contributed by atoms with Crippen molar-refractivity contribution in [1.29, 1.82) is 0 Å². The Bertz CT molecular complexity index is 904. The fraction of sp³-hybridized carbons (Fsp3) is 0.481. The molecule has 2 saturated carbocycles. The van der Waals surface area contributed by atoms with Crippen LogP contribution in [0, 0.1) is 35.5 Å². The van der Waals surface area contributed by atoms with Gasteiger partial charge in [-0.25, -0.2) is 0 Å². The number of esters is 1. The van der Waals surface area contributed by atoms with Gasteiger partial charge >= 0.3 is 5.97 Å². The first kappa shape index (κ1) is 20.3. The molecule has 31 heavy (non-hydrogen) atoms. The highest BCUT2D eigenvalue weighted by Gasteiger charge is 2.58. The van der Waals surface area contributed by atoms with Gasteiger partial charge in [0.05, 0.1) is 5.92 Å². The summed E-state index contributed by atoms with van der Waals surface area (Å²) in [6.45, 7) is 4.28. The number of cyclic esters (lactones) is 1. The number of amides is 1. The maximum atomic E-state index is 14.4. The van der Waals surface area contributed by atoms with E-state index >= 15 is 0 Å². The zero-order valence-electron chi connectivity index (χ0n) is 18.3. The summed E-state index contributed by atoms with van der Waals surface area (Å²) < 4.78 is 5.70. The maximum absolute atomic E-state index is 14.4. The predicted octanol–water partition coefficient (Wildman–Crippen LogP) is 5.60. The summed E-state index contributed by atoms with van der Waals surface area (Å²) in [4.78, 5) is 29.0. The largest absolute Gasteiger partial charge is 0.462 e. The molecule has 162 valence electrons. The van der Waals surface area contributed by atoms with Crippen LogP contribution in [0.15, 0.2) is 60.7 Å². The Morgan fingerprint density at radius 1 is 0.903 bits per heavy atom. The van der Waals surface area contributed by atoms with Crippen molar-refractivity contribution in [2.75, 3.05) is 4.90 Å². The van der Waals surface area contributed by atoms with Crippen LogP contribution >= 0.6 is 0 Å². The van der Waals surface area contributed by atoms with Gasteiger partial charge in [0.15, 0.2) is 0 Å². The summed E-state index contributed by atoms with van der Waals surface area (Å²) in [5.41, 5.74) is 1.75. The molecule has 0 radical (unpaired) electrons. The molecule has 0 N–H and O–H groups in total. The van der Waals surface area contributed by atoms with Crippen LogP contribution < -0.4 is 4.90 Å². The molecule has 1 saturated heterocycles. The van der Waals surface area contributed by atoms with Gasteiger partial charge < -0.3 is 4.74 Å². The van der Waals surface area contributed by atoms with Crippen LogP contribution in [0.2, 0.25) is 0 Å². The van der Waals surface area contributed by atoms with E-state index in [-0.39, 0.29) is 35.7 Å². The van der Waals surface area contributed by atoms with Gasteiger partial charge in [-0.2, -0.15) is 0 Å². The van der Waals surface area contributed by atoms with Crippen LogP contribution in [0.4, 0.5) is 11.4 Å². The molecule has 2 aliphatic carbocycles. The second-order valence-electron chi connectivity index (χ2n) is 9.77. The van der Waals surface area contributed by atoms with Crippen LogP contribution in [-0.4, -0.2) is 18.0 Å². The average molecular weight is 418 g/mol. The number of ether oxygens (including phenoxy) is 1. The summed E-state index contributed by atoms with van der Waals surface area (Å²) in [5.74, 6) is 1.02. The molecule has 3 fully saturated rings. The molecule has 1 amide bonds. The number of fused-ring (bicyclic) bond motifs is 2. The number of nitrogens with zero attached hydrogens (tertiary/aromatic N) is 1. The first-order valence-electron chi connectivity index (χ1n) is 11.7. The van der Waals surface area contributed by atoms with Crippen molar-refractivity contribution in [3.63, 3.8) is 0 Å². The molecule has 3 aliphatic rings. The normalized spacial score (nSPS) is 34.4. The summed E-state index contributed by atoms with van der Waals surface area (Å²) in [6, 6.07) is 19.8. The Morgan fingerprint density at radius 3 is 2.13 bits per heavy atom. The van der Waals surface area contributed by atoms with Gasteiger partial charge in [-0.1, -0.05) is 49.7 Å². The standard InChI is InChI=1S/C27H31NO3/c1-17-13-14-22-19(15-17)16-23-24(18(2)31-27(23)30)25(22)26(29)28(20-9-5-3-6-10-20)21-11-7-4-8-12-21/h3-12,17-19,22-25H,13-16H2,1-2H3/t17-,18-,19?,22-,23+,24-,25+/m1/s1. The Hall–Kier alpha value is -2.62. The number of benzene rings is 2. The topological polar surface area (TPSA) is 46.6 Å². The van der Waals surface area contributed by atoms with E-state index in [1.165, 1.54) is 0 Å². The molecule has 5 rings (SSSR count). The van der Waals surface area contributed by atoms with E-state index in [9.17, 15) is 9.59 Å². The molecule has 0 aromatic heterocycles. The molecule has 1 heterocycles. The summed E-state index contributed by atoms with van der Waals surface area (Å²) in [6.07, 6.45) is 3.99. The first-order valence-corrected chi connectivity index (χ1v) is 11.7. The van der Waals surface area contributed by atoms with E-state index in [1.54, 1.807) is 0 Å². The SMILES string of the molecule is C[C@@H]1CC[C@@H]2C(C1)C[C@@H]1C(=O)O[C@H](C)[C@H]1[C@H]2C(=O)N(c1ccccc1)c1ccccc1. The van der Waals surface area contributed by atoms with Crippen molar-refractivity contribution < 1.29 is 14.3 Å². The molecule has 2 aromatic rings. The van der Waals surface area contributed by atoms with Crippen molar-refractivity contribution in [1.82, 2.24) is 0 Å². The minimum Gasteiger partial charge on any atom is -0.462 e. The van der Waals surface area contributed by atoms with Crippen LogP contribution in [0.1, 0.15) is 39.5 Å². The van der Waals surface area contributed by atoms with Crippen molar-refractivity contribution in [3.8, 4) is 0 Å². The number of carbonyl (C=O) groups is 2. The van der Waals surface area contributed by atoms with E-state index < -0.39 is 0 Å². The highest BCUT2D eigenvalue weighted by molar-refractivity contribution is 6.02. The quantitative estimate of drug-likeness (QED) is 0.611. The second-order valence-corrected chi connectivity index (χ2v) is 9.77. The minimum atomic E-state index is -0.208. The Morgan fingerprint density at radius 2 is 1.52 bits per heavy atom. The molecule has 0 spiro atoms. The Labute approximate surface area is 184 Å². The first-order chi connectivity index (χ1) is 15.0. The van der Waals surface area contributed by atoms with Gasteiger partial charge in [-0.05, 0) is 68.2 Å². The van der Waals surface area contributed by atoms with E-state index in [0.29, 0.717) is 17.8 Å². The molecule has 1 aliphatic heterocycles. The summed E-state index contributed by atoms with van der Waals surface area (Å²) in [7, 11) is 0. The average Bonchev–Trinajstić information content (AvgIpc) is 3.06. The predicted molar refractivity (Wildman–Crippen MR) is 121 cm³/mol. The monoisotopic (exact) mass is 417 g/mol. The van der Waals surface area contributed by atoms with E-state index in [4.69, 9.17) is 4.74 Å². The third-order valence-electron chi connectivity index (χ3n) is 7.88. The Kier molecular flexibility index (Phi) is 5.33. The number of para-hydroxylation sites is 2. The molecule has 7 atom stereocenters. The van der Waals surface area contributed by atoms with Gasteiger partial charge in [0.25, 0.3) is 0 Å². The molecule has 4 heteroatoms. The smallest absolute Gasteiger partial charge is 0.309 e. The van der Waals surface area contributed by atoms with Crippen molar-refractivity contribution in [2.45, 2.75) is 45.6 Å². The lowest BCUT2D eigenvalue weighted by atomic mass is 9.56. The highest BCUT2D eigenvalue weighted by Crippen LogP contribution is 2.54. The number of hydrogen-bond donors (Lipinski definition) is 0. The number of carbonyl (C=O) groups excluding carboxylic acids is 2. The van der Waals surface area contributed by atoms with Crippen LogP contribution in [0.3, 0.4) is 0 Å². The van der Waals surface area contributed by atoms with Crippen LogP contribution in [-0.2, 0) is 14.3 Å². The molecule has 1 unspecified atom stereocenters. The van der Waals surface area contributed by atoms with E-state index in [1.807, 2.05) is 72.5 Å². The molecular formula is C27H31NO3. The fourth-order valence-corrected chi connectivity index (χ4v) is 6.56. The van der Waals surface area contributed by atoms with Crippen molar-refractivity contribution >= 4 is 23.3 Å². The number of rotatable bonds is 3. The minimum absolute atomic E-state index is 0.0374. The maximum Gasteiger partial charge on any atom is 0.309 e. The van der Waals surface area contributed by atoms with Gasteiger partial charge in [0.1, 0.15) is 6.10 Å². The summed E-state index contributed by atoms with van der Waals surface area (Å²) in [5, 5.41) is 0. The zero-order valence-corrected chi connectivity index (χ0v) is 18.3. The molecule has 4 nitrogen and oxygen atoms in total. The van der Waals surface area contributed by atoms with Gasteiger partial charge in [-0.3, -0.25) is 14.5 Å². The van der Waals surface area contributed by atoms with Crippen LogP contribution in [0.25, 0.3) is 0 Å². The van der Waals surface area contributed by atoms with Crippen molar-refractivity contribution in [2.24, 2.45) is 35.5 Å². The molecule has 0 bridgehead atoms. The third kappa shape index (κ3) is 3.56. The number of anilines is 2. The van der Waals surface area contributed by atoms with E-state index in [2.05, 4.69) is 6.92 Å². The third-order valence-corrected chi connectivity index (χ3v) is 7.88. The molecule has 2 aromatic carbocycles.